The van der Waals surface area contributed by atoms with E-state index in [2.05, 4.69) is 4.57 Å². The van der Waals surface area contributed by atoms with Gasteiger partial charge in [-0.15, -0.1) is 11.8 Å². The Morgan fingerprint density at radius 1 is 0.942 bits per heavy atom. The number of nitro groups is 1. The van der Waals surface area contributed by atoms with Crippen LogP contribution in [0.4, 0.5) is 5.69 Å². The van der Waals surface area contributed by atoms with E-state index in [0.717, 1.165) is 44.2 Å². The third-order valence-corrected chi connectivity index (χ3v) is 10.5. The Kier molecular flexibility index (Phi) is 9.63. The number of non-ortho nitro benzene ring substituents is 1. The minimum Gasteiger partial charge on any atom is -0.459 e. The monoisotopic (exact) mass is 726 g/mol. The Labute approximate surface area is 308 Å². The molecule has 52 heavy (non-hydrogen) atoms. The van der Waals surface area contributed by atoms with Crippen LogP contribution in [0, 0.1) is 10.1 Å². The molecule has 3 heterocycles. The van der Waals surface area contributed by atoms with Crippen LogP contribution in [0.1, 0.15) is 37.9 Å². The van der Waals surface area contributed by atoms with Crippen molar-refractivity contribution in [1.82, 2.24) is 9.13 Å². The van der Waals surface area contributed by atoms with Crippen molar-refractivity contribution in [3.63, 3.8) is 0 Å². The molecule has 6 aromatic rings. The molecule has 0 saturated carbocycles. The molecule has 0 radical (unpaired) electrons. The van der Waals surface area contributed by atoms with Crippen LogP contribution >= 0.6 is 23.1 Å². The highest BCUT2D eigenvalue weighted by atomic mass is 32.2. The first-order chi connectivity index (χ1) is 25.1. The van der Waals surface area contributed by atoms with Crippen molar-refractivity contribution in [3.8, 4) is 28.2 Å². The lowest BCUT2D eigenvalue weighted by Crippen LogP contribution is -2.40. The van der Waals surface area contributed by atoms with Crippen LogP contribution in [0.3, 0.4) is 0 Å². The first-order valence-electron chi connectivity index (χ1n) is 16.6. The average molecular weight is 727 g/mol. The van der Waals surface area contributed by atoms with Crippen molar-refractivity contribution in [1.29, 1.82) is 0 Å². The van der Waals surface area contributed by atoms with Gasteiger partial charge < -0.3 is 9.30 Å². The molecule has 1 atom stereocenters. The van der Waals surface area contributed by atoms with Crippen molar-refractivity contribution in [2.24, 2.45) is 4.99 Å². The van der Waals surface area contributed by atoms with E-state index < -0.39 is 16.9 Å². The fraction of sp³-hybridized carbons (Fsp3) is 0.146. The van der Waals surface area contributed by atoms with Crippen LogP contribution < -0.4 is 14.9 Å². The molecule has 11 heteroatoms. The Balaban J connectivity index is 1.49. The van der Waals surface area contributed by atoms with E-state index >= 15 is 0 Å². The summed E-state index contributed by atoms with van der Waals surface area (Å²) in [4.78, 5) is 45.7. The molecule has 2 aromatic heterocycles. The average Bonchev–Trinajstić information content (AvgIpc) is 3.68. The van der Waals surface area contributed by atoms with E-state index in [1.54, 1.807) is 49.2 Å². The smallest absolute Gasteiger partial charge is 0.338 e. The fourth-order valence-electron chi connectivity index (χ4n) is 6.45. The second kappa shape index (κ2) is 14.5. The van der Waals surface area contributed by atoms with Gasteiger partial charge in [-0.05, 0) is 80.1 Å². The van der Waals surface area contributed by atoms with Crippen LogP contribution in [0.5, 0.6) is 0 Å². The molecule has 0 bridgehead atoms. The molecule has 0 saturated heterocycles. The van der Waals surface area contributed by atoms with Crippen LogP contribution in [0.15, 0.2) is 141 Å². The SMILES string of the molecule is CSc1ccc([C@H]2C(C(=O)OC(C)C)=C(C)N=c3s/c(=C\c4cc(-c5ccccc5)n(-c5ccc([N+](=O)[O-])cc5)c4-c4ccccc4)c(=O)n32)cc1. The summed E-state index contributed by atoms with van der Waals surface area (Å²) in [5, 5.41) is 11.5. The summed E-state index contributed by atoms with van der Waals surface area (Å²) in [6, 6.07) is 35.3. The highest BCUT2D eigenvalue weighted by molar-refractivity contribution is 7.98. The molecule has 9 nitrogen and oxygen atoms in total. The summed E-state index contributed by atoms with van der Waals surface area (Å²) in [5.74, 6) is -0.511. The number of carbonyl (C=O) groups is 1. The number of nitrogens with zero attached hydrogens (tertiary/aromatic N) is 4. The number of hydrogen-bond donors (Lipinski definition) is 0. The van der Waals surface area contributed by atoms with Gasteiger partial charge in [-0.25, -0.2) is 9.79 Å². The number of thiazole rings is 1. The third kappa shape index (κ3) is 6.56. The number of benzene rings is 4. The van der Waals surface area contributed by atoms with Gasteiger partial charge in [0.2, 0.25) is 0 Å². The summed E-state index contributed by atoms with van der Waals surface area (Å²) < 4.78 is 9.78. The van der Waals surface area contributed by atoms with Gasteiger partial charge in [-0.2, -0.15) is 0 Å². The number of rotatable bonds is 9. The van der Waals surface area contributed by atoms with Crippen LogP contribution in [0.2, 0.25) is 0 Å². The van der Waals surface area contributed by atoms with Gasteiger partial charge >= 0.3 is 5.97 Å². The number of ether oxygens (including phenoxy) is 1. The van der Waals surface area contributed by atoms with E-state index in [9.17, 15) is 19.7 Å². The Morgan fingerprint density at radius 3 is 2.17 bits per heavy atom. The van der Waals surface area contributed by atoms with E-state index in [1.807, 2.05) is 103 Å². The number of thioether (sulfide) groups is 1. The zero-order valence-corrected chi connectivity index (χ0v) is 30.5. The molecule has 260 valence electrons. The van der Waals surface area contributed by atoms with Crippen LogP contribution in [0.25, 0.3) is 34.3 Å². The standard InChI is InChI=1S/C41H34N4O5S2/c1-25(2)50-40(47)36-26(3)42-41-44(38(36)29-15-21-33(51-4)22-16-29)39(46)35(52-41)24-30-23-34(27-11-7-5-8-12-27)43(37(30)28-13-9-6-10-14-28)31-17-19-32(20-18-31)45(48)49/h5-25,38H,1-4H3/b35-24-/t38-/m0/s1. The fourth-order valence-corrected chi connectivity index (χ4v) is 7.89. The molecule has 4 aromatic carbocycles. The summed E-state index contributed by atoms with van der Waals surface area (Å²) >= 11 is 2.87. The Bertz CT molecular complexity index is 2520. The first kappa shape index (κ1) is 34.7. The van der Waals surface area contributed by atoms with Gasteiger partial charge in [-0.3, -0.25) is 19.5 Å². The van der Waals surface area contributed by atoms with Crippen molar-refractivity contribution < 1.29 is 14.5 Å². The van der Waals surface area contributed by atoms with Crippen LogP contribution in [-0.2, 0) is 9.53 Å². The van der Waals surface area contributed by atoms with Gasteiger partial charge in [-0.1, -0.05) is 84.1 Å². The first-order valence-corrected chi connectivity index (χ1v) is 18.7. The van der Waals surface area contributed by atoms with Crippen LogP contribution in [-0.4, -0.2) is 32.4 Å². The van der Waals surface area contributed by atoms with Gasteiger partial charge in [0.1, 0.15) is 0 Å². The normalized spacial score (nSPS) is 14.3. The van der Waals surface area contributed by atoms with E-state index in [0.29, 0.717) is 20.6 Å². The van der Waals surface area contributed by atoms with Gasteiger partial charge in [0.15, 0.2) is 4.80 Å². The lowest BCUT2D eigenvalue weighted by atomic mass is 9.96. The molecule has 0 spiro atoms. The number of allylic oxidation sites excluding steroid dienone is 1. The maximum absolute atomic E-state index is 14.6. The molecule has 0 fully saturated rings. The Morgan fingerprint density at radius 2 is 1.58 bits per heavy atom. The molecular formula is C41H34N4O5S2. The highest BCUT2D eigenvalue weighted by Gasteiger charge is 2.34. The number of esters is 1. The highest BCUT2D eigenvalue weighted by Crippen LogP contribution is 2.37. The third-order valence-electron chi connectivity index (χ3n) is 8.77. The second-order valence-electron chi connectivity index (χ2n) is 12.5. The lowest BCUT2D eigenvalue weighted by Gasteiger charge is -2.25. The van der Waals surface area contributed by atoms with E-state index in [4.69, 9.17) is 9.73 Å². The van der Waals surface area contributed by atoms with Crippen molar-refractivity contribution in [2.75, 3.05) is 6.26 Å². The topological polar surface area (TPSA) is 109 Å². The number of nitro benzene ring substituents is 1. The van der Waals surface area contributed by atoms with Gasteiger partial charge in [0.05, 0.1) is 44.3 Å². The molecule has 0 unspecified atom stereocenters. The zero-order chi connectivity index (χ0) is 36.5. The molecule has 7 rings (SSSR count). The molecule has 0 amide bonds. The van der Waals surface area contributed by atoms with Crippen molar-refractivity contribution >= 4 is 40.8 Å². The molecular weight excluding hydrogens is 693 g/mol. The predicted octanol–water partition coefficient (Wildman–Crippen LogP) is 7.94. The Hall–Kier alpha value is -5.78. The quantitative estimate of drug-likeness (QED) is 0.0648. The predicted molar refractivity (Wildman–Crippen MR) is 207 cm³/mol. The molecule has 1 aliphatic heterocycles. The zero-order valence-electron chi connectivity index (χ0n) is 28.8. The number of aromatic nitrogens is 2. The maximum atomic E-state index is 14.6. The van der Waals surface area contributed by atoms with Crippen molar-refractivity contribution in [2.45, 2.75) is 37.8 Å². The lowest BCUT2D eigenvalue weighted by molar-refractivity contribution is -0.384. The summed E-state index contributed by atoms with van der Waals surface area (Å²) in [6.45, 7) is 5.37. The largest absolute Gasteiger partial charge is 0.459 e. The minimum absolute atomic E-state index is 0.00987. The summed E-state index contributed by atoms with van der Waals surface area (Å²) in [7, 11) is 0. The second-order valence-corrected chi connectivity index (χ2v) is 14.4. The van der Waals surface area contributed by atoms with Crippen molar-refractivity contribution in [3.05, 3.63) is 167 Å². The number of fused-ring (bicyclic) bond motifs is 1. The van der Waals surface area contributed by atoms with E-state index in [1.165, 1.54) is 23.5 Å². The summed E-state index contributed by atoms with van der Waals surface area (Å²) in [5.41, 5.74) is 6.26. The van der Waals surface area contributed by atoms with Gasteiger partial charge in [0, 0.05) is 28.3 Å². The molecule has 0 N–H and O–H groups in total. The minimum atomic E-state index is -0.737. The number of carbonyl (C=O) groups excluding carboxylic acids is 1. The number of hydrogen-bond acceptors (Lipinski definition) is 8. The molecule has 0 aliphatic carbocycles. The summed E-state index contributed by atoms with van der Waals surface area (Å²) in [6.07, 6.45) is 3.52. The van der Waals surface area contributed by atoms with E-state index in [-0.39, 0.29) is 17.4 Å². The maximum Gasteiger partial charge on any atom is 0.338 e. The molecule has 1 aliphatic rings. The van der Waals surface area contributed by atoms with Gasteiger partial charge in [0.25, 0.3) is 11.2 Å².